The summed E-state index contributed by atoms with van der Waals surface area (Å²) in [5.74, 6) is 0.734. The molecule has 0 saturated heterocycles. The molecule has 1 aromatic carbocycles. The summed E-state index contributed by atoms with van der Waals surface area (Å²) in [5, 5.41) is 3.35. The van der Waals surface area contributed by atoms with Gasteiger partial charge in [0.05, 0.1) is 17.3 Å². The van der Waals surface area contributed by atoms with Gasteiger partial charge in [0.1, 0.15) is 0 Å². The predicted octanol–water partition coefficient (Wildman–Crippen LogP) is 2.46. The van der Waals surface area contributed by atoms with E-state index in [1.807, 2.05) is 63.1 Å². The Morgan fingerprint density at radius 3 is 2.38 bits per heavy atom. The standard InChI is InChI=1S/C15H23ClN4O/c1-11-6-7-13(12(16)10-11)18-14(21)8-9-17-15(19(2)3)20(4)5/h6-7,10H,8-9H2,1-5H3,(H,18,21). The van der Waals surface area contributed by atoms with Gasteiger partial charge in [-0.05, 0) is 24.6 Å². The largest absolute Gasteiger partial charge is 0.349 e. The number of anilines is 1. The second kappa shape index (κ2) is 7.88. The third-order valence-electron chi connectivity index (χ3n) is 2.79. The topological polar surface area (TPSA) is 47.9 Å². The molecule has 6 heteroatoms. The van der Waals surface area contributed by atoms with Gasteiger partial charge in [-0.2, -0.15) is 0 Å². The summed E-state index contributed by atoms with van der Waals surface area (Å²) in [4.78, 5) is 20.1. The van der Waals surface area contributed by atoms with Crippen LogP contribution in [0.3, 0.4) is 0 Å². The van der Waals surface area contributed by atoms with Gasteiger partial charge in [-0.1, -0.05) is 17.7 Å². The van der Waals surface area contributed by atoms with Gasteiger partial charge in [-0.3, -0.25) is 9.79 Å². The quantitative estimate of drug-likeness (QED) is 0.686. The Morgan fingerprint density at radius 2 is 1.86 bits per heavy atom. The van der Waals surface area contributed by atoms with Crippen LogP contribution in [0.15, 0.2) is 23.2 Å². The Labute approximate surface area is 131 Å². The number of amides is 1. The molecule has 0 saturated carbocycles. The van der Waals surface area contributed by atoms with Crippen molar-refractivity contribution in [2.24, 2.45) is 4.99 Å². The number of hydrogen-bond donors (Lipinski definition) is 1. The van der Waals surface area contributed by atoms with Crippen LogP contribution in [-0.4, -0.2) is 56.4 Å². The third kappa shape index (κ3) is 5.63. The van der Waals surface area contributed by atoms with Gasteiger partial charge >= 0.3 is 0 Å². The number of rotatable bonds is 4. The minimum atomic E-state index is -0.0960. The van der Waals surface area contributed by atoms with Gasteiger partial charge in [0, 0.05) is 34.6 Å². The van der Waals surface area contributed by atoms with Crippen molar-refractivity contribution in [1.29, 1.82) is 0 Å². The number of aryl methyl sites for hydroxylation is 1. The lowest BCUT2D eigenvalue weighted by atomic mass is 10.2. The molecule has 0 heterocycles. The van der Waals surface area contributed by atoms with Crippen LogP contribution in [0.2, 0.25) is 5.02 Å². The monoisotopic (exact) mass is 310 g/mol. The summed E-state index contributed by atoms with van der Waals surface area (Å²) >= 11 is 6.09. The van der Waals surface area contributed by atoms with Gasteiger partial charge in [-0.25, -0.2) is 0 Å². The smallest absolute Gasteiger partial charge is 0.226 e. The highest BCUT2D eigenvalue weighted by atomic mass is 35.5. The number of carbonyl (C=O) groups excluding carboxylic acids is 1. The van der Waals surface area contributed by atoms with E-state index in [1.165, 1.54) is 0 Å². The molecule has 0 unspecified atom stereocenters. The van der Waals surface area contributed by atoms with Crippen molar-refractivity contribution in [3.05, 3.63) is 28.8 Å². The minimum Gasteiger partial charge on any atom is -0.349 e. The second-order valence-corrected chi connectivity index (χ2v) is 5.66. The maximum Gasteiger partial charge on any atom is 0.226 e. The first kappa shape index (κ1) is 17.3. The second-order valence-electron chi connectivity index (χ2n) is 5.25. The van der Waals surface area contributed by atoms with Gasteiger partial charge in [-0.15, -0.1) is 0 Å². The molecule has 0 aliphatic heterocycles. The van der Waals surface area contributed by atoms with E-state index in [0.717, 1.165) is 11.5 Å². The lowest BCUT2D eigenvalue weighted by molar-refractivity contribution is -0.116. The van der Waals surface area contributed by atoms with Gasteiger partial charge in [0.15, 0.2) is 5.96 Å². The molecule has 0 bridgehead atoms. The molecule has 5 nitrogen and oxygen atoms in total. The zero-order valence-corrected chi connectivity index (χ0v) is 14.0. The molecule has 0 radical (unpaired) electrons. The fourth-order valence-corrected chi connectivity index (χ4v) is 2.16. The summed E-state index contributed by atoms with van der Waals surface area (Å²) in [6, 6.07) is 5.55. The number of halogens is 1. The summed E-state index contributed by atoms with van der Waals surface area (Å²) in [7, 11) is 7.69. The third-order valence-corrected chi connectivity index (χ3v) is 3.10. The number of guanidine groups is 1. The summed E-state index contributed by atoms with van der Waals surface area (Å²) in [6.07, 6.45) is 0.315. The van der Waals surface area contributed by atoms with E-state index in [2.05, 4.69) is 10.3 Å². The maximum atomic E-state index is 11.9. The number of hydrogen-bond acceptors (Lipinski definition) is 2. The Morgan fingerprint density at radius 1 is 1.24 bits per heavy atom. The first-order valence-corrected chi connectivity index (χ1v) is 7.14. The molecule has 0 spiro atoms. The van der Waals surface area contributed by atoms with Gasteiger partial charge in [0.2, 0.25) is 5.91 Å². The van der Waals surface area contributed by atoms with Crippen molar-refractivity contribution in [2.45, 2.75) is 13.3 Å². The van der Waals surface area contributed by atoms with Crippen LogP contribution in [-0.2, 0) is 4.79 Å². The lowest BCUT2D eigenvalue weighted by Crippen LogP contribution is -2.35. The van der Waals surface area contributed by atoms with Gasteiger partial charge < -0.3 is 15.1 Å². The first-order chi connectivity index (χ1) is 9.81. The molecule has 1 N–H and O–H groups in total. The van der Waals surface area contributed by atoms with Crippen LogP contribution in [0.25, 0.3) is 0 Å². The van der Waals surface area contributed by atoms with Crippen LogP contribution in [0.1, 0.15) is 12.0 Å². The number of carbonyl (C=O) groups is 1. The van der Waals surface area contributed by atoms with Crippen LogP contribution in [0, 0.1) is 6.92 Å². The Kier molecular flexibility index (Phi) is 6.49. The Hall–Kier alpha value is -1.75. The SMILES string of the molecule is Cc1ccc(NC(=O)CCN=C(N(C)C)N(C)C)c(Cl)c1. The van der Waals surface area contributed by atoms with Crippen molar-refractivity contribution >= 4 is 29.2 Å². The zero-order chi connectivity index (χ0) is 16.0. The molecule has 1 aromatic rings. The molecule has 0 fully saturated rings. The van der Waals surface area contributed by atoms with Gasteiger partial charge in [0.25, 0.3) is 0 Å². The van der Waals surface area contributed by atoms with Crippen molar-refractivity contribution in [3.63, 3.8) is 0 Å². The minimum absolute atomic E-state index is 0.0960. The summed E-state index contributed by atoms with van der Waals surface area (Å²) < 4.78 is 0. The highest BCUT2D eigenvalue weighted by molar-refractivity contribution is 6.33. The number of nitrogens with one attached hydrogen (secondary N) is 1. The molecule has 0 aliphatic rings. The molecule has 21 heavy (non-hydrogen) atoms. The summed E-state index contributed by atoms with van der Waals surface area (Å²) in [5.41, 5.74) is 1.70. The van der Waals surface area contributed by atoms with E-state index in [4.69, 9.17) is 11.6 Å². The highest BCUT2D eigenvalue weighted by Crippen LogP contribution is 2.22. The van der Waals surface area contributed by atoms with Crippen molar-refractivity contribution in [2.75, 3.05) is 40.1 Å². The number of nitrogens with zero attached hydrogens (tertiary/aromatic N) is 3. The van der Waals surface area contributed by atoms with E-state index < -0.39 is 0 Å². The fourth-order valence-electron chi connectivity index (χ4n) is 1.87. The van der Waals surface area contributed by atoms with Crippen LogP contribution in [0.4, 0.5) is 5.69 Å². The maximum absolute atomic E-state index is 11.9. The first-order valence-electron chi connectivity index (χ1n) is 6.76. The molecular formula is C15H23ClN4O. The lowest BCUT2D eigenvalue weighted by Gasteiger charge is -2.22. The Balaban J connectivity index is 2.56. The average Bonchev–Trinajstić information content (AvgIpc) is 2.37. The molecule has 1 rings (SSSR count). The van der Waals surface area contributed by atoms with Crippen LogP contribution < -0.4 is 5.32 Å². The molecule has 116 valence electrons. The summed E-state index contributed by atoms with van der Waals surface area (Å²) in [6.45, 7) is 2.39. The fraction of sp³-hybridized carbons (Fsp3) is 0.467. The number of benzene rings is 1. The average molecular weight is 311 g/mol. The molecule has 0 aliphatic carbocycles. The normalized spacial score (nSPS) is 10.0. The van der Waals surface area contributed by atoms with E-state index in [9.17, 15) is 4.79 Å². The van der Waals surface area contributed by atoms with E-state index >= 15 is 0 Å². The highest BCUT2D eigenvalue weighted by Gasteiger charge is 2.07. The molecule has 1 amide bonds. The van der Waals surface area contributed by atoms with E-state index in [-0.39, 0.29) is 5.91 Å². The van der Waals surface area contributed by atoms with Crippen LogP contribution >= 0.6 is 11.6 Å². The van der Waals surface area contributed by atoms with Crippen molar-refractivity contribution < 1.29 is 4.79 Å². The predicted molar refractivity (Wildman–Crippen MR) is 89.1 cm³/mol. The zero-order valence-electron chi connectivity index (χ0n) is 13.3. The van der Waals surface area contributed by atoms with Crippen molar-refractivity contribution in [3.8, 4) is 0 Å². The Bertz CT molecular complexity index is 516. The number of aliphatic imine (C=N–C) groups is 1. The molecule has 0 aromatic heterocycles. The molecule has 0 atom stereocenters. The van der Waals surface area contributed by atoms with E-state index in [0.29, 0.717) is 23.7 Å². The molecular weight excluding hydrogens is 288 g/mol. The van der Waals surface area contributed by atoms with Crippen LogP contribution in [0.5, 0.6) is 0 Å². The van der Waals surface area contributed by atoms with Crippen molar-refractivity contribution in [1.82, 2.24) is 9.80 Å². The van der Waals surface area contributed by atoms with E-state index in [1.54, 1.807) is 0 Å².